The highest BCUT2D eigenvalue weighted by Crippen LogP contribution is 2.21. The molecule has 4 rings (SSSR count). The van der Waals surface area contributed by atoms with Gasteiger partial charge in [-0.2, -0.15) is 9.61 Å². The number of nitrogens with zero attached hydrogens (tertiary/aromatic N) is 4. The molecule has 1 amide bonds. The van der Waals surface area contributed by atoms with Gasteiger partial charge in [0, 0.05) is 11.3 Å². The molecule has 0 spiro atoms. The highest BCUT2D eigenvalue weighted by atomic mass is 32.2. The van der Waals surface area contributed by atoms with E-state index in [1.54, 1.807) is 43.3 Å². The maximum absolute atomic E-state index is 13.6. The number of aromatic nitrogens is 4. The van der Waals surface area contributed by atoms with Gasteiger partial charge in [0.15, 0.2) is 5.65 Å². The zero-order chi connectivity index (χ0) is 20.4. The van der Waals surface area contributed by atoms with Crippen molar-refractivity contribution >= 4 is 29.0 Å². The van der Waals surface area contributed by atoms with Crippen LogP contribution in [-0.2, 0) is 4.79 Å². The molecule has 0 unspecified atom stereocenters. The van der Waals surface area contributed by atoms with E-state index in [1.807, 2.05) is 0 Å². The summed E-state index contributed by atoms with van der Waals surface area (Å²) in [5.41, 5.74) is 2.80. The highest BCUT2D eigenvalue weighted by Gasteiger charge is 2.12. The van der Waals surface area contributed by atoms with Crippen LogP contribution in [0.4, 0.5) is 14.5 Å². The van der Waals surface area contributed by atoms with Gasteiger partial charge in [-0.25, -0.2) is 8.78 Å². The Balaban J connectivity index is 1.48. The molecule has 0 atom stereocenters. The molecule has 0 fully saturated rings. The van der Waals surface area contributed by atoms with Crippen LogP contribution in [-0.4, -0.2) is 31.5 Å². The number of fused-ring (bicyclic) bond motifs is 1. The van der Waals surface area contributed by atoms with E-state index in [9.17, 15) is 13.6 Å². The second-order valence-corrected chi connectivity index (χ2v) is 7.22. The fraction of sp³-hybridized carbons (Fsp3) is 0.100. The molecule has 1 N–H and O–H groups in total. The quantitative estimate of drug-likeness (QED) is 0.501. The van der Waals surface area contributed by atoms with Crippen LogP contribution in [0.3, 0.4) is 0 Å². The normalized spacial score (nSPS) is 11.0. The topological polar surface area (TPSA) is 72.2 Å². The first kappa shape index (κ1) is 19.0. The average molecular weight is 411 g/mol. The Labute approximate surface area is 169 Å². The number of thioether (sulfide) groups is 1. The van der Waals surface area contributed by atoms with E-state index in [0.717, 1.165) is 17.3 Å². The molecule has 2 aromatic carbocycles. The van der Waals surface area contributed by atoms with E-state index in [0.29, 0.717) is 27.7 Å². The number of aryl methyl sites for hydroxylation is 1. The van der Waals surface area contributed by atoms with Gasteiger partial charge in [0.2, 0.25) is 11.1 Å². The Morgan fingerprint density at radius 1 is 1.07 bits per heavy atom. The van der Waals surface area contributed by atoms with Crippen molar-refractivity contribution in [1.29, 1.82) is 0 Å². The Kier molecular flexibility index (Phi) is 5.22. The molecule has 6 nitrogen and oxygen atoms in total. The lowest BCUT2D eigenvalue weighted by atomic mass is 10.1. The standard InChI is InChI=1S/C20H15F2N5OS/c1-12-2-7-15(10-16(12)22)23-19(28)11-29-20-25-24-18-9-8-17(26-27(18)20)13-3-5-14(21)6-4-13/h2-10H,11H2,1H3,(H,23,28). The molecule has 29 heavy (non-hydrogen) atoms. The lowest BCUT2D eigenvalue weighted by Crippen LogP contribution is -2.14. The van der Waals surface area contributed by atoms with E-state index in [1.165, 1.54) is 22.7 Å². The number of benzene rings is 2. The SMILES string of the molecule is Cc1ccc(NC(=O)CSc2nnc3ccc(-c4ccc(F)cc4)nn23)cc1F. The van der Waals surface area contributed by atoms with Gasteiger partial charge in [0.05, 0.1) is 11.4 Å². The summed E-state index contributed by atoms with van der Waals surface area (Å²) in [5, 5.41) is 15.7. The van der Waals surface area contributed by atoms with Gasteiger partial charge in [0.1, 0.15) is 11.6 Å². The zero-order valence-corrected chi connectivity index (χ0v) is 16.1. The van der Waals surface area contributed by atoms with Crippen LogP contribution in [0.5, 0.6) is 0 Å². The van der Waals surface area contributed by atoms with Gasteiger partial charge in [-0.3, -0.25) is 4.79 Å². The van der Waals surface area contributed by atoms with Gasteiger partial charge in [-0.1, -0.05) is 17.8 Å². The van der Waals surface area contributed by atoms with Gasteiger partial charge >= 0.3 is 0 Å². The smallest absolute Gasteiger partial charge is 0.234 e. The molecule has 9 heteroatoms. The molecule has 2 heterocycles. The number of halogens is 2. The Bertz CT molecular complexity index is 1190. The summed E-state index contributed by atoms with van der Waals surface area (Å²) in [6, 6.07) is 14.0. The van der Waals surface area contributed by atoms with E-state index in [4.69, 9.17) is 0 Å². The first-order valence-corrected chi connectivity index (χ1v) is 9.65. The van der Waals surface area contributed by atoms with Gasteiger partial charge < -0.3 is 5.32 Å². The van der Waals surface area contributed by atoms with Crippen molar-refractivity contribution in [2.75, 3.05) is 11.1 Å². The Morgan fingerprint density at radius 2 is 1.86 bits per heavy atom. The predicted molar refractivity (Wildman–Crippen MR) is 107 cm³/mol. The van der Waals surface area contributed by atoms with E-state index >= 15 is 0 Å². The van der Waals surface area contributed by atoms with Crippen LogP contribution in [0.15, 0.2) is 59.8 Å². The maximum atomic E-state index is 13.6. The van der Waals surface area contributed by atoms with Crippen molar-refractivity contribution in [3.8, 4) is 11.3 Å². The van der Waals surface area contributed by atoms with Crippen LogP contribution in [0.1, 0.15) is 5.56 Å². The van der Waals surface area contributed by atoms with Crippen LogP contribution in [0, 0.1) is 18.6 Å². The van der Waals surface area contributed by atoms with E-state index < -0.39 is 0 Å². The van der Waals surface area contributed by atoms with Crippen LogP contribution in [0.25, 0.3) is 16.9 Å². The minimum Gasteiger partial charge on any atom is -0.325 e. The number of anilines is 1. The fourth-order valence-corrected chi connectivity index (χ4v) is 3.32. The second kappa shape index (κ2) is 7.96. The third-order valence-electron chi connectivity index (χ3n) is 4.16. The molecule has 0 radical (unpaired) electrons. The van der Waals surface area contributed by atoms with Crippen molar-refractivity contribution < 1.29 is 13.6 Å². The number of hydrogen-bond donors (Lipinski definition) is 1. The van der Waals surface area contributed by atoms with Gasteiger partial charge in [-0.05, 0) is 61.0 Å². The van der Waals surface area contributed by atoms with Gasteiger partial charge in [-0.15, -0.1) is 10.2 Å². The van der Waals surface area contributed by atoms with E-state index in [-0.39, 0.29) is 23.3 Å². The zero-order valence-electron chi connectivity index (χ0n) is 15.3. The molecular formula is C20H15F2N5OS. The van der Waals surface area contributed by atoms with Crippen LogP contribution < -0.4 is 5.32 Å². The predicted octanol–water partition coefficient (Wildman–Crippen LogP) is 4.11. The Hall–Kier alpha value is -3.33. The third kappa shape index (κ3) is 4.24. The number of nitrogens with one attached hydrogen (secondary N) is 1. The lowest BCUT2D eigenvalue weighted by molar-refractivity contribution is -0.113. The van der Waals surface area contributed by atoms with Crippen molar-refractivity contribution in [2.45, 2.75) is 12.1 Å². The molecule has 0 aliphatic carbocycles. The van der Waals surface area contributed by atoms with Crippen molar-refractivity contribution in [2.24, 2.45) is 0 Å². The average Bonchev–Trinajstić information content (AvgIpc) is 3.12. The highest BCUT2D eigenvalue weighted by molar-refractivity contribution is 7.99. The largest absolute Gasteiger partial charge is 0.325 e. The van der Waals surface area contributed by atoms with Crippen molar-refractivity contribution in [3.05, 3.63) is 71.8 Å². The molecule has 0 bridgehead atoms. The van der Waals surface area contributed by atoms with Crippen LogP contribution in [0.2, 0.25) is 0 Å². The summed E-state index contributed by atoms with van der Waals surface area (Å²) in [6.07, 6.45) is 0. The first-order valence-electron chi connectivity index (χ1n) is 8.67. The number of amides is 1. The second-order valence-electron chi connectivity index (χ2n) is 6.28. The molecule has 4 aromatic rings. The first-order chi connectivity index (χ1) is 14.0. The van der Waals surface area contributed by atoms with Gasteiger partial charge in [0.25, 0.3) is 0 Å². The molecular weight excluding hydrogens is 396 g/mol. The lowest BCUT2D eigenvalue weighted by Gasteiger charge is -2.06. The molecule has 0 aliphatic heterocycles. The molecule has 0 saturated carbocycles. The summed E-state index contributed by atoms with van der Waals surface area (Å²) < 4.78 is 28.3. The number of hydrogen-bond acceptors (Lipinski definition) is 5. The monoisotopic (exact) mass is 411 g/mol. The molecule has 2 aromatic heterocycles. The maximum Gasteiger partial charge on any atom is 0.234 e. The molecule has 146 valence electrons. The van der Waals surface area contributed by atoms with Crippen molar-refractivity contribution in [3.63, 3.8) is 0 Å². The number of carbonyl (C=O) groups excluding carboxylic acids is 1. The minimum atomic E-state index is -0.378. The number of carbonyl (C=O) groups is 1. The van der Waals surface area contributed by atoms with Crippen LogP contribution >= 0.6 is 11.8 Å². The number of rotatable bonds is 5. The summed E-state index contributed by atoms with van der Waals surface area (Å²) in [6.45, 7) is 1.65. The van der Waals surface area contributed by atoms with Crippen molar-refractivity contribution in [1.82, 2.24) is 19.8 Å². The Morgan fingerprint density at radius 3 is 2.62 bits per heavy atom. The molecule has 0 saturated heterocycles. The summed E-state index contributed by atoms with van der Waals surface area (Å²) in [7, 11) is 0. The summed E-state index contributed by atoms with van der Waals surface area (Å²) in [5.74, 6) is -0.949. The van der Waals surface area contributed by atoms with E-state index in [2.05, 4.69) is 20.6 Å². The fourth-order valence-electron chi connectivity index (χ4n) is 2.63. The summed E-state index contributed by atoms with van der Waals surface area (Å²) in [4.78, 5) is 12.2. The third-order valence-corrected chi connectivity index (χ3v) is 5.08. The summed E-state index contributed by atoms with van der Waals surface area (Å²) >= 11 is 1.16. The molecule has 0 aliphatic rings. The minimum absolute atomic E-state index is 0.0543.